The third-order valence-electron chi connectivity index (χ3n) is 3.41. The van der Waals surface area contributed by atoms with E-state index in [-0.39, 0.29) is 5.91 Å². The van der Waals surface area contributed by atoms with Crippen molar-refractivity contribution in [3.8, 4) is 17.2 Å². The van der Waals surface area contributed by atoms with Gasteiger partial charge in [0, 0.05) is 17.8 Å². The summed E-state index contributed by atoms with van der Waals surface area (Å²) in [6, 6.07) is 12.9. The molecule has 1 amide bonds. The minimum atomic E-state index is -0.214. The smallest absolute Gasteiger partial charge is 0.248 e. The zero-order valence-electron chi connectivity index (χ0n) is 13.5. The van der Waals surface area contributed by atoms with Crippen LogP contribution in [0.3, 0.4) is 0 Å². The Kier molecular flexibility index (Phi) is 5.01. The number of rotatable bonds is 5. The summed E-state index contributed by atoms with van der Waals surface area (Å²) in [7, 11) is 0. The minimum Gasteiger partial charge on any atom is -0.494 e. The van der Waals surface area contributed by atoms with Crippen LogP contribution >= 0.6 is 0 Å². The first-order valence-electron chi connectivity index (χ1n) is 7.86. The summed E-state index contributed by atoms with van der Waals surface area (Å²) in [5.74, 6) is 1.91. The molecule has 0 bridgehead atoms. The monoisotopic (exact) mass is 325 g/mol. The average molecular weight is 325 g/mol. The molecule has 0 spiro atoms. The Hall–Kier alpha value is -2.95. The maximum Gasteiger partial charge on any atom is 0.248 e. The maximum atomic E-state index is 12.1. The molecule has 1 heterocycles. The second-order valence-corrected chi connectivity index (χ2v) is 5.19. The molecule has 2 aromatic rings. The first kappa shape index (κ1) is 15.9. The van der Waals surface area contributed by atoms with E-state index in [0.29, 0.717) is 37.0 Å². The molecule has 3 rings (SSSR count). The number of benzene rings is 2. The Labute approximate surface area is 140 Å². The molecule has 2 aromatic carbocycles. The van der Waals surface area contributed by atoms with Crippen molar-refractivity contribution < 1.29 is 19.0 Å². The summed E-state index contributed by atoms with van der Waals surface area (Å²) in [5.41, 5.74) is 1.57. The number of hydrogen-bond acceptors (Lipinski definition) is 4. The molecular weight excluding hydrogens is 306 g/mol. The highest BCUT2D eigenvalue weighted by Gasteiger charge is 2.12. The maximum absolute atomic E-state index is 12.1. The van der Waals surface area contributed by atoms with Gasteiger partial charge in [0.05, 0.1) is 6.61 Å². The van der Waals surface area contributed by atoms with E-state index in [1.54, 1.807) is 24.3 Å². The average Bonchev–Trinajstić information content (AvgIpc) is 2.61. The van der Waals surface area contributed by atoms with Crippen molar-refractivity contribution in [2.24, 2.45) is 0 Å². The zero-order chi connectivity index (χ0) is 16.8. The Morgan fingerprint density at radius 1 is 1.17 bits per heavy atom. The van der Waals surface area contributed by atoms with Crippen LogP contribution in [0.5, 0.6) is 17.2 Å². The number of carbonyl (C=O) groups is 1. The van der Waals surface area contributed by atoms with E-state index >= 15 is 0 Å². The van der Waals surface area contributed by atoms with Crippen LogP contribution in [0.2, 0.25) is 0 Å². The van der Waals surface area contributed by atoms with Gasteiger partial charge in [-0.05, 0) is 42.8 Å². The van der Waals surface area contributed by atoms with Gasteiger partial charge >= 0.3 is 0 Å². The van der Waals surface area contributed by atoms with Gasteiger partial charge in [0.2, 0.25) is 5.91 Å². The van der Waals surface area contributed by atoms with Crippen LogP contribution in [0.25, 0.3) is 6.08 Å². The lowest BCUT2D eigenvalue weighted by atomic mass is 10.2. The number of anilines is 1. The van der Waals surface area contributed by atoms with Gasteiger partial charge in [0.15, 0.2) is 11.5 Å². The van der Waals surface area contributed by atoms with Crippen molar-refractivity contribution >= 4 is 17.7 Å². The van der Waals surface area contributed by atoms with Crippen LogP contribution in [0.1, 0.15) is 12.5 Å². The SMILES string of the molecule is CCOc1cccc(/C=C/C(=O)Nc2ccc3c(c2)OCCO3)c1. The van der Waals surface area contributed by atoms with Gasteiger partial charge in [0.1, 0.15) is 19.0 Å². The molecule has 0 aliphatic carbocycles. The van der Waals surface area contributed by atoms with Crippen LogP contribution in [-0.4, -0.2) is 25.7 Å². The number of ether oxygens (including phenoxy) is 3. The summed E-state index contributed by atoms with van der Waals surface area (Å²) < 4.78 is 16.4. The highest BCUT2D eigenvalue weighted by Crippen LogP contribution is 2.32. The number of amides is 1. The van der Waals surface area contributed by atoms with Gasteiger partial charge in [-0.3, -0.25) is 4.79 Å². The standard InChI is InChI=1S/C19H19NO4/c1-2-22-16-5-3-4-14(12-16)6-9-19(21)20-15-7-8-17-18(13-15)24-11-10-23-17/h3-9,12-13H,2,10-11H2,1H3,(H,20,21)/b9-6+. The van der Waals surface area contributed by atoms with Gasteiger partial charge in [-0.15, -0.1) is 0 Å². The normalized spacial score (nSPS) is 12.9. The van der Waals surface area contributed by atoms with Crippen LogP contribution < -0.4 is 19.5 Å². The van der Waals surface area contributed by atoms with E-state index in [2.05, 4.69) is 5.32 Å². The summed E-state index contributed by atoms with van der Waals surface area (Å²) in [5, 5.41) is 2.81. The summed E-state index contributed by atoms with van der Waals surface area (Å²) in [6.07, 6.45) is 3.23. The van der Waals surface area contributed by atoms with E-state index in [1.807, 2.05) is 31.2 Å². The molecule has 0 unspecified atom stereocenters. The lowest BCUT2D eigenvalue weighted by Crippen LogP contribution is -2.16. The van der Waals surface area contributed by atoms with E-state index < -0.39 is 0 Å². The molecular formula is C19H19NO4. The molecule has 1 aliphatic rings. The third kappa shape index (κ3) is 4.07. The molecule has 5 nitrogen and oxygen atoms in total. The van der Waals surface area contributed by atoms with Crippen LogP contribution in [0.4, 0.5) is 5.69 Å². The van der Waals surface area contributed by atoms with Gasteiger partial charge in [0.25, 0.3) is 0 Å². The van der Waals surface area contributed by atoms with Crippen LogP contribution in [0, 0.1) is 0 Å². The molecule has 124 valence electrons. The molecule has 0 atom stereocenters. The molecule has 0 radical (unpaired) electrons. The van der Waals surface area contributed by atoms with Crippen molar-refractivity contribution in [1.82, 2.24) is 0 Å². The number of fused-ring (bicyclic) bond motifs is 1. The van der Waals surface area contributed by atoms with Crippen molar-refractivity contribution in [3.05, 3.63) is 54.1 Å². The predicted molar refractivity (Wildman–Crippen MR) is 92.7 cm³/mol. The zero-order valence-corrected chi connectivity index (χ0v) is 13.5. The van der Waals surface area contributed by atoms with Gasteiger partial charge in [-0.2, -0.15) is 0 Å². The van der Waals surface area contributed by atoms with E-state index in [1.165, 1.54) is 6.08 Å². The second-order valence-electron chi connectivity index (χ2n) is 5.19. The first-order valence-corrected chi connectivity index (χ1v) is 7.86. The van der Waals surface area contributed by atoms with Crippen molar-refractivity contribution in [1.29, 1.82) is 0 Å². The fourth-order valence-corrected chi connectivity index (χ4v) is 2.35. The lowest BCUT2D eigenvalue weighted by Gasteiger charge is -2.18. The Bertz CT molecular complexity index is 755. The molecule has 24 heavy (non-hydrogen) atoms. The van der Waals surface area contributed by atoms with Crippen molar-refractivity contribution in [2.45, 2.75) is 6.92 Å². The lowest BCUT2D eigenvalue weighted by molar-refractivity contribution is -0.111. The third-order valence-corrected chi connectivity index (χ3v) is 3.41. The highest BCUT2D eigenvalue weighted by molar-refractivity contribution is 6.02. The molecule has 1 aliphatic heterocycles. The number of carbonyl (C=O) groups excluding carboxylic acids is 1. The summed E-state index contributed by atoms with van der Waals surface area (Å²) in [4.78, 5) is 12.1. The fraction of sp³-hybridized carbons (Fsp3) is 0.211. The molecule has 0 saturated heterocycles. The largest absolute Gasteiger partial charge is 0.494 e. The van der Waals surface area contributed by atoms with Crippen molar-refractivity contribution in [2.75, 3.05) is 25.1 Å². The fourth-order valence-electron chi connectivity index (χ4n) is 2.35. The van der Waals surface area contributed by atoms with Crippen LogP contribution in [-0.2, 0) is 4.79 Å². The van der Waals surface area contributed by atoms with Gasteiger partial charge in [-0.1, -0.05) is 12.1 Å². The van der Waals surface area contributed by atoms with Gasteiger partial charge in [-0.25, -0.2) is 0 Å². The molecule has 0 saturated carbocycles. The number of hydrogen-bond donors (Lipinski definition) is 1. The van der Waals surface area contributed by atoms with E-state index in [9.17, 15) is 4.79 Å². The van der Waals surface area contributed by atoms with Gasteiger partial charge < -0.3 is 19.5 Å². The summed E-state index contributed by atoms with van der Waals surface area (Å²) >= 11 is 0. The highest BCUT2D eigenvalue weighted by atomic mass is 16.6. The van der Waals surface area contributed by atoms with Crippen molar-refractivity contribution in [3.63, 3.8) is 0 Å². The Morgan fingerprint density at radius 2 is 2.00 bits per heavy atom. The Balaban J connectivity index is 1.64. The van der Waals surface area contributed by atoms with E-state index in [0.717, 1.165) is 11.3 Å². The van der Waals surface area contributed by atoms with Crippen LogP contribution in [0.15, 0.2) is 48.5 Å². The Morgan fingerprint density at radius 3 is 2.83 bits per heavy atom. The molecule has 0 aromatic heterocycles. The molecule has 5 heteroatoms. The minimum absolute atomic E-state index is 0.214. The predicted octanol–water partition coefficient (Wildman–Crippen LogP) is 3.51. The number of nitrogens with one attached hydrogen (secondary N) is 1. The second kappa shape index (κ2) is 7.55. The summed E-state index contributed by atoms with van der Waals surface area (Å²) in [6.45, 7) is 3.60. The quantitative estimate of drug-likeness (QED) is 0.855. The topological polar surface area (TPSA) is 56.8 Å². The molecule has 0 fully saturated rings. The molecule has 1 N–H and O–H groups in total. The van der Waals surface area contributed by atoms with E-state index in [4.69, 9.17) is 14.2 Å². The first-order chi connectivity index (χ1) is 11.7.